The van der Waals surface area contributed by atoms with Gasteiger partial charge in [-0.1, -0.05) is 17.7 Å². The molecule has 1 N–H and O–H groups in total. The molecule has 0 radical (unpaired) electrons. The van der Waals surface area contributed by atoms with Gasteiger partial charge in [-0.15, -0.1) is 0 Å². The van der Waals surface area contributed by atoms with Gasteiger partial charge in [-0.2, -0.15) is 0 Å². The summed E-state index contributed by atoms with van der Waals surface area (Å²) < 4.78 is 5.45. The summed E-state index contributed by atoms with van der Waals surface area (Å²) in [6.45, 7) is 4.48. The summed E-state index contributed by atoms with van der Waals surface area (Å²) in [5.74, 6) is -0.715. The molecule has 1 aromatic carbocycles. The van der Waals surface area contributed by atoms with Crippen molar-refractivity contribution in [2.24, 2.45) is 0 Å². The quantitative estimate of drug-likeness (QED) is 0.819. The lowest BCUT2D eigenvalue weighted by Crippen LogP contribution is -2.43. The van der Waals surface area contributed by atoms with Crippen molar-refractivity contribution in [1.82, 2.24) is 10.2 Å². The van der Waals surface area contributed by atoms with Crippen LogP contribution in [0.4, 0.5) is 10.5 Å². The van der Waals surface area contributed by atoms with Crippen LogP contribution in [-0.4, -0.2) is 54.6 Å². The van der Waals surface area contributed by atoms with Crippen molar-refractivity contribution in [3.05, 3.63) is 29.8 Å². The van der Waals surface area contributed by atoms with E-state index in [4.69, 9.17) is 4.74 Å². The fourth-order valence-electron chi connectivity index (χ4n) is 3.14. The molecule has 2 saturated heterocycles. The third-order valence-corrected chi connectivity index (χ3v) is 4.61. The lowest BCUT2D eigenvalue weighted by Gasteiger charge is -2.19. The van der Waals surface area contributed by atoms with E-state index in [9.17, 15) is 14.4 Å². The Morgan fingerprint density at radius 2 is 2.00 bits per heavy atom. The Hall–Kier alpha value is -2.41. The number of benzene rings is 1. The highest BCUT2D eigenvalue weighted by molar-refractivity contribution is 6.15. The molecule has 25 heavy (non-hydrogen) atoms. The maximum absolute atomic E-state index is 12.6. The smallest absolute Gasteiger partial charge is 0.332 e. The highest BCUT2D eigenvalue weighted by Crippen LogP contribution is 2.25. The summed E-state index contributed by atoms with van der Waals surface area (Å²) in [6, 6.07) is 6.29. The monoisotopic (exact) mass is 345 g/mol. The average Bonchev–Trinajstić information content (AvgIpc) is 3.18. The molecule has 2 heterocycles. The number of nitrogens with zero attached hydrogens (tertiary/aromatic N) is 2. The van der Waals surface area contributed by atoms with E-state index in [2.05, 4.69) is 5.32 Å². The third-order valence-electron chi connectivity index (χ3n) is 4.61. The number of urea groups is 1. The fourth-order valence-corrected chi connectivity index (χ4v) is 3.14. The van der Waals surface area contributed by atoms with E-state index in [0.29, 0.717) is 18.8 Å². The Morgan fingerprint density at radius 1 is 1.28 bits per heavy atom. The molecule has 0 bridgehead atoms. The van der Waals surface area contributed by atoms with Gasteiger partial charge < -0.3 is 10.1 Å². The first-order chi connectivity index (χ1) is 12.0. The first-order valence-electron chi connectivity index (χ1n) is 8.57. The first kappa shape index (κ1) is 17.4. The second-order valence-corrected chi connectivity index (χ2v) is 6.53. The van der Waals surface area contributed by atoms with Crippen molar-refractivity contribution in [2.75, 3.05) is 24.6 Å². The number of rotatable bonds is 5. The van der Waals surface area contributed by atoms with Crippen LogP contribution in [0.15, 0.2) is 24.3 Å². The van der Waals surface area contributed by atoms with Crippen LogP contribution in [0.1, 0.15) is 25.3 Å². The number of hydrogen-bond donors (Lipinski definition) is 1. The number of amides is 4. The van der Waals surface area contributed by atoms with Crippen molar-refractivity contribution < 1.29 is 19.1 Å². The Balaban J connectivity index is 1.63. The Labute approximate surface area is 146 Å². The molecule has 134 valence electrons. The SMILES string of the molecule is Cc1ccc(N2C(=O)N(CC(=O)NC[C@H]3CCCO3)C(=O)[C@H]2C)cc1. The van der Waals surface area contributed by atoms with Crippen LogP contribution < -0.4 is 10.2 Å². The molecule has 0 aliphatic carbocycles. The van der Waals surface area contributed by atoms with Crippen LogP contribution in [0.25, 0.3) is 0 Å². The fraction of sp³-hybridized carbons (Fsp3) is 0.500. The lowest BCUT2D eigenvalue weighted by atomic mass is 10.2. The van der Waals surface area contributed by atoms with Crippen molar-refractivity contribution in [3.63, 3.8) is 0 Å². The van der Waals surface area contributed by atoms with Crippen molar-refractivity contribution in [1.29, 1.82) is 0 Å². The van der Waals surface area contributed by atoms with E-state index in [1.165, 1.54) is 4.90 Å². The van der Waals surface area contributed by atoms with Gasteiger partial charge in [0, 0.05) is 18.8 Å². The lowest BCUT2D eigenvalue weighted by molar-refractivity contribution is -0.132. The number of anilines is 1. The highest BCUT2D eigenvalue weighted by Gasteiger charge is 2.44. The van der Waals surface area contributed by atoms with Gasteiger partial charge in [-0.05, 0) is 38.8 Å². The minimum atomic E-state index is -0.624. The minimum absolute atomic E-state index is 0.0249. The second kappa shape index (κ2) is 7.23. The van der Waals surface area contributed by atoms with Gasteiger partial charge in [0.1, 0.15) is 12.6 Å². The zero-order valence-electron chi connectivity index (χ0n) is 14.5. The molecule has 0 spiro atoms. The van der Waals surface area contributed by atoms with E-state index in [1.807, 2.05) is 19.1 Å². The number of ether oxygens (including phenoxy) is 1. The third kappa shape index (κ3) is 3.66. The van der Waals surface area contributed by atoms with Gasteiger partial charge in [0.2, 0.25) is 5.91 Å². The highest BCUT2D eigenvalue weighted by atomic mass is 16.5. The topological polar surface area (TPSA) is 79.0 Å². The van der Waals surface area contributed by atoms with Crippen molar-refractivity contribution in [2.45, 2.75) is 38.8 Å². The summed E-state index contributed by atoms with van der Waals surface area (Å²) >= 11 is 0. The van der Waals surface area contributed by atoms with E-state index in [1.54, 1.807) is 19.1 Å². The summed E-state index contributed by atoms with van der Waals surface area (Å²) in [6.07, 6.45) is 1.93. The molecule has 2 aliphatic rings. The Kier molecular flexibility index (Phi) is 5.03. The van der Waals surface area contributed by atoms with Crippen LogP contribution in [0.3, 0.4) is 0 Å². The molecule has 7 heteroatoms. The number of aryl methyl sites for hydroxylation is 1. The molecule has 4 amide bonds. The Morgan fingerprint density at radius 3 is 2.64 bits per heavy atom. The van der Waals surface area contributed by atoms with Gasteiger partial charge in [0.25, 0.3) is 5.91 Å². The van der Waals surface area contributed by atoms with Gasteiger partial charge >= 0.3 is 6.03 Å². The average molecular weight is 345 g/mol. The largest absolute Gasteiger partial charge is 0.376 e. The van der Waals surface area contributed by atoms with Crippen LogP contribution in [0.5, 0.6) is 0 Å². The van der Waals surface area contributed by atoms with Crippen LogP contribution in [-0.2, 0) is 14.3 Å². The molecule has 0 aromatic heterocycles. The summed E-state index contributed by atoms with van der Waals surface area (Å²) in [5, 5.41) is 2.74. The molecular weight excluding hydrogens is 322 g/mol. The number of nitrogens with one attached hydrogen (secondary N) is 1. The van der Waals surface area contributed by atoms with Gasteiger partial charge in [-0.25, -0.2) is 4.79 Å². The maximum atomic E-state index is 12.6. The normalized spacial score (nSPS) is 23.4. The number of carbonyl (C=O) groups is 3. The molecule has 2 aliphatic heterocycles. The standard InChI is InChI=1S/C18H23N3O4/c1-12-5-7-14(8-6-12)21-13(2)17(23)20(18(21)24)11-16(22)19-10-15-4-3-9-25-15/h5-8,13,15H,3-4,9-11H2,1-2H3,(H,19,22)/t13-,15-/m1/s1. The number of imide groups is 1. The Bertz CT molecular complexity index is 667. The van der Waals surface area contributed by atoms with E-state index in [0.717, 1.165) is 23.3 Å². The van der Waals surface area contributed by atoms with Gasteiger partial charge in [0.15, 0.2) is 0 Å². The number of hydrogen-bond acceptors (Lipinski definition) is 4. The van der Waals surface area contributed by atoms with Crippen LogP contribution in [0, 0.1) is 6.92 Å². The van der Waals surface area contributed by atoms with Crippen molar-refractivity contribution >= 4 is 23.5 Å². The predicted octanol–water partition coefficient (Wildman–Crippen LogP) is 1.45. The van der Waals surface area contributed by atoms with Crippen LogP contribution >= 0.6 is 0 Å². The molecular formula is C18H23N3O4. The molecule has 2 fully saturated rings. The summed E-state index contributed by atoms with van der Waals surface area (Å²) in [7, 11) is 0. The molecule has 1 aromatic rings. The molecule has 7 nitrogen and oxygen atoms in total. The van der Waals surface area contributed by atoms with E-state index in [-0.39, 0.29) is 24.5 Å². The summed E-state index contributed by atoms with van der Waals surface area (Å²) in [5.41, 5.74) is 1.72. The zero-order chi connectivity index (χ0) is 18.0. The predicted molar refractivity (Wildman–Crippen MR) is 92.2 cm³/mol. The second-order valence-electron chi connectivity index (χ2n) is 6.53. The maximum Gasteiger partial charge on any atom is 0.332 e. The van der Waals surface area contributed by atoms with E-state index >= 15 is 0 Å². The summed E-state index contributed by atoms with van der Waals surface area (Å²) in [4.78, 5) is 39.6. The molecule has 0 saturated carbocycles. The number of carbonyl (C=O) groups excluding carboxylic acids is 3. The minimum Gasteiger partial charge on any atom is -0.376 e. The van der Waals surface area contributed by atoms with E-state index < -0.39 is 12.1 Å². The van der Waals surface area contributed by atoms with Crippen molar-refractivity contribution in [3.8, 4) is 0 Å². The molecule has 3 rings (SSSR count). The van der Waals surface area contributed by atoms with Gasteiger partial charge in [-0.3, -0.25) is 19.4 Å². The molecule has 0 unspecified atom stereocenters. The first-order valence-corrected chi connectivity index (χ1v) is 8.57. The van der Waals surface area contributed by atoms with Crippen LogP contribution in [0.2, 0.25) is 0 Å². The molecule has 2 atom stereocenters. The van der Waals surface area contributed by atoms with Gasteiger partial charge in [0.05, 0.1) is 6.10 Å². The zero-order valence-corrected chi connectivity index (χ0v) is 14.5.